The van der Waals surface area contributed by atoms with Gasteiger partial charge in [0.05, 0.1) is 12.2 Å². The Labute approximate surface area is 249 Å². The third kappa shape index (κ3) is 8.96. The van der Waals surface area contributed by atoms with Crippen molar-refractivity contribution in [3.05, 3.63) is 131 Å². The van der Waals surface area contributed by atoms with Gasteiger partial charge in [-0.25, -0.2) is 0 Å². The second-order valence-electron chi connectivity index (χ2n) is 10.8. The molecule has 0 bridgehead atoms. The number of nitrogens with zero attached hydrogens (tertiary/aromatic N) is 2. The molecule has 4 rings (SSSR count). The molecule has 0 saturated heterocycles. The van der Waals surface area contributed by atoms with E-state index < -0.39 is 0 Å². The summed E-state index contributed by atoms with van der Waals surface area (Å²) in [5, 5.41) is 0. The normalized spacial score (nSPS) is 10.9. The van der Waals surface area contributed by atoms with Gasteiger partial charge >= 0.3 is 0 Å². The van der Waals surface area contributed by atoms with Crippen molar-refractivity contribution in [3.8, 4) is 11.5 Å². The van der Waals surface area contributed by atoms with Crippen LogP contribution in [-0.4, -0.2) is 46.9 Å². The maximum absolute atomic E-state index is 13.8. The molecule has 0 fully saturated rings. The number of hydrogen-bond donors (Lipinski definition) is 0. The molecule has 0 saturated carbocycles. The van der Waals surface area contributed by atoms with Gasteiger partial charge in [0.25, 0.3) is 11.8 Å². The van der Waals surface area contributed by atoms with Crippen LogP contribution in [0.5, 0.6) is 11.5 Å². The fourth-order valence-corrected chi connectivity index (χ4v) is 4.62. The highest BCUT2D eigenvalue weighted by Gasteiger charge is 2.21. The van der Waals surface area contributed by atoms with Crippen molar-refractivity contribution in [1.82, 2.24) is 9.80 Å². The summed E-state index contributed by atoms with van der Waals surface area (Å²) in [5.41, 5.74) is 3.19. The third-order valence-corrected chi connectivity index (χ3v) is 6.59. The summed E-state index contributed by atoms with van der Waals surface area (Å²) in [4.78, 5) is 31.2. The lowest BCUT2D eigenvalue weighted by Crippen LogP contribution is -2.40. The minimum Gasteiger partial charge on any atom is -0.491 e. The molecule has 42 heavy (non-hydrogen) atoms. The Morgan fingerprint density at radius 3 is 1.17 bits per heavy atom. The fraction of sp³-hybridized carbons (Fsp3) is 0.278. The number of carbonyl (C=O) groups excluding carboxylic acids is 2. The van der Waals surface area contributed by atoms with E-state index in [0.717, 1.165) is 22.6 Å². The molecule has 2 amide bonds. The molecule has 0 spiro atoms. The molecule has 218 valence electrons. The lowest BCUT2D eigenvalue weighted by atomic mass is 10.1. The molecule has 0 N–H and O–H groups in total. The van der Waals surface area contributed by atoms with Crippen LogP contribution in [0.25, 0.3) is 0 Å². The average Bonchev–Trinajstić information content (AvgIpc) is 2.99. The molecule has 0 heterocycles. The SMILES string of the molecule is CC(C)Oc1ccc(C(=O)N(CCN(Cc2ccccc2)C(=O)c2ccc(OC(C)C)cc2)Cc2ccccc2)cc1. The van der Waals surface area contributed by atoms with E-state index in [9.17, 15) is 9.59 Å². The molecule has 4 aromatic rings. The van der Waals surface area contributed by atoms with E-state index in [0.29, 0.717) is 37.3 Å². The van der Waals surface area contributed by atoms with Crippen molar-refractivity contribution < 1.29 is 19.1 Å². The first kappa shape index (κ1) is 30.4. The Morgan fingerprint density at radius 2 is 0.857 bits per heavy atom. The number of benzene rings is 4. The van der Waals surface area contributed by atoms with Crippen molar-refractivity contribution in [3.63, 3.8) is 0 Å². The Kier molecular flexibility index (Phi) is 10.8. The van der Waals surface area contributed by atoms with Gasteiger partial charge in [-0.05, 0) is 87.4 Å². The molecule has 0 atom stereocenters. The zero-order chi connectivity index (χ0) is 29.9. The van der Waals surface area contributed by atoms with Crippen molar-refractivity contribution in [2.24, 2.45) is 0 Å². The van der Waals surface area contributed by atoms with E-state index in [-0.39, 0.29) is 24.0 Å². The summed E-state index contributed by atoms with van der Waals surface area (Å²) in [7, 11) is 0. The van der Waals surface area contributed by atoms with Gasteiger partial charge < -0.3 is 19.3 Å². The molecule has 6 nitrogen and oxygen atoms in total. The summed E-state index contributed by atoms with van der Waals surface area (Å²) >= 11 is 0. The molecule has 0 radical (unpaired) electrons. The Hall–Kier alpha value is -4.58. The third-order valence-electron chi connectivity index (χ3n) is 6.59. The van der Waals surface area contributed by atoms with Crippen molar-refractivity contribution in [2.75, 3.05) is 13.1 Å². The first-order valence-electron chi connectivity index (χ1n) is 14.5. The lowest BCUT2D eigenvalue weighted by Gasteiger charge is -2.29. The Morgan fingerprint density at radius 1 is 0.524 bits per heavy atom. The Balaban J connectivity index is 1.56. The summed E-state index contributed by atoms with van der Waals surface area (Å²) in [5.74, 6) is 1.25. The second-order valence-corrected chi connectivity index (χ2v) is 10.8. The molecule has 0 aliphatic rings. The van der Waals surface area contributed by atoms with Crippen LogP contribution in [0.1, 0.15) is 59.5 Å². The minimum atomic E-state index is -0.0998. The zero-order valence-corrected chi connectivity index (χ0v) is 24.9. The number of carbonyl (C=O) groups is 2. The van der Waals surface area contributed by atoms with E-state index in [1.165, 1.54) is 0 Å². The molecule has 6 heteroatoms. The highest BCUT2D eigenvalue weighted by Crippen LogP contribution is 2.19. The van der Waals surface area contributed by atoms with Gasteiger partial charge in [-0.2, -0.15) is 0 Å². The van der Waals surface area contributed by atoms with Gasteiger partial charge in [0, 0.05) is 37.3 Å². The van der Waals surface area contributed by atoms with Gasteiger partial charge in [-0.15, -0.1) is 0 Å². The first-order chi connectivity index (χ1) is 20.3. The van der Waals surface area contributed by atoms with E-state index in [2.05, 4.69) is 0 Å². The predicted molar refractivity (Wildman–Crippen MR) is 167 cm³/mol. The van der Waals surface area contributed by atoms with Crippen LogP contribution in [0, 0.1) is 0 Å². The summed E-state index contributed by atoms with van der Waals surface area (Å²) in [6.45, 7) is 9.47. The van der Waals surface area contributed by atoms with Gasteiger partial charge in [-0.3, -0.25) is 9.59 Å². The quantitative estimate of drug-likeness (QED) is 0.172. The second kappa shape index (κ2) is 14.9. The maximum atomic E-state index is 13.8. The molecular weight excluding hydrogens is 524 g/mol. The van der Waals surface area contributed by atoms with Gasteiger partial charge in [0.2, 0.25) is 0 Å². The maximum Gasteiger partial charge on any atom is 0.254 e. The van der Waals surface area contributed by atoms with Gasteiger partial charge in [0.1, 0.15) is 11.5 Å². The first-order valence-corrected chi connectivity index (χ1v) is 14.5. The molecule has 4 aromatic carbocycles. The highest BCUT2D eigenvalue weighted by molar-refractivity contribution is 5.95. The van der Waals surface area contributed by atoms with Crippen LogP contribution >= 0.6 is 0 Å². The van der Waals surface area contributed by atoms with Crippen molar-refractivity contribution >= 4 is 11.8 Å². The van der Waals surface area contributed by atoms with Gasteiger partial charge in [0.15, 0.2) is 0 Å². The summed E-state index contributed by atoms with van der Waals surface area (Å²) in [6, 6.07) is 34.3. The number of ether oxygens (including phenoxy) is 2. The smallest absolute Gasteiger partial charge is 0.254 e. The average molecular weight is 565 g/mol. The van der Waals surface area contributed by atoms with Crippen LogP contribution in [0.2, 0.25) is 0 Å². The fourth-order valence-electron chi connectivity index (χ4n) is 4.62. The van der Waals surface area contributed by atoms with Crippen molar-refractivity contribution in [1.29, 1.82) is 0 Å². The van der Waals surface area contributed by atoms with Crippen LogP contribution in [0.3, 0.4) is 0 Å². The number of amides is 2. The molecule has 0 aliphatic carbocycles. The molecule has 0 aliphatic heterocycles. The Bertz CT molecular complexity index is 1290. The van der Waals surface area contributed by atoms with Crippen LogP contribution in [-0.2, 0) is 13.1 Å². The van der Waals surface area contributed by atoms with Crippen molar-refractivity contribution in [2.45, 2.75) is 53.0 Å². The van der Waals surface area contributed by atoms with Crippen LogP contribution < -0.4 is 9.47 Å². The largest absolute Gasteiger partial charge is 0.491 e. The van der Waals surface area contributed by atoms with E-state index in [4.69, 9.17) is 9.47 Å². The number of hydrogen-bond acceptors (Lipinski definition) is 4. The minimum absolute atomic E-state index is 0.0493. The van der Waals surface area contributed by atoms with E-state index >= 15 is 0 Å². The molecule has 0 unspecified atom stereocenters. The van der Waals surface area contributed by atoms with E-state index in [1.807, 2.05) is 113 Å². The van der Waals surface area contributed by atoms with E-state index in [1.54, 1.807) is 34.1 Å². The standard InChI is InChI=1S/C36H40N2O4/c1-27(2)41-33-19-15-31(16-20-33)35(39)37(25-29-11-7-5-8-12-29)23-24-38(26-30-13-9-6-10-14-30)36(40)32-17-21-34(22-18-32)42-28(3)4/h5-22,27-28H,23-26H2,1-4H3. The lowest BCUT2D eigenvalue weighted by molar-refractivity contribution is 0.0644. The highest BCUT2D eigenvalue weighted by atomic mass is 16.5. The molecule has 0 aromatic heterocycles. The topological polar surface area (TPSA) is 59.1 Å². The summed E-state index contributed by atoms with van der Waals surface area (Å²) in [6.07, 6.45) is 0.0985. The number of rotatable bonds is 13. The molecular formula is C36H40N2O4. The summed E-state index contributed by atoms with van der Waals surface area (Å²) < 4.78 is 11.5. The monoisotopic (exact) mass is 564 g/mol. The van der Waals surface area contributed by atoms with Crippen LogP contribution in [0.15, 0.2) is 109 Å². The predicted octanol–water partition coefficient (Wildman–Crippen LogP) is 7.25. The van der Waals surface area contributed by atoms with Gasteiger partial charge in [-0.1, -0.05) is 60.7 Å². The van der Waals surface area contributed by atoms with Crippen LogP contribution in [0.4, 0.5) is 0 Å². The zero-order valence-electron chi connectivity index (χ0n) is 24.9.